The van der Waals surface area contributed by atoms with Gasteiger partial charge in [-0.1, -0.05) is 30.3 Å². The fourth-order valence-corrected chi connectivity index (χ4v) is 5.75. The molecule has 7 nitrogen and oxygen atoms in total. The zero-order chi connectivity index (χ0) is 27.4. The Hall–Kier alpha value is -4.24. The van der Waals surface area contributed by atoms with E-state index in [2.05, 4.69) is 10.5 Å². The van der Waals surface area contributed by atoms with Gasteiger partial charge in [-0.25, -0.2) is 18.2 Å². The highest BCUT2D eigenvalue weighted by Crippen LogP contribution is 2.28. The minimum atomic E-state index is -4.02. The second-order valence-electron chi connectivity index (χ2n) is 9.05. The lowest BCUT2D eigenvalue weighted by molar-refractivity contribution is -0.119. The SMILES string of the molecule is Cc1ccc(C)c(N(CC(=O)N/N=C/c2cc(C)n(-c3ccc(F)cc3)c2C)S(=O)(=O)c2ccccc2)c1. The Kier molecular flexibility index (Phi) is 7.78. The van der Waals surface area contributed by atoms with Crippen LogP contribution in [-0.2, 0) is 14.8 Å². The lowest BCUT2D eigenvalue weighted by Crippen LogP contribution is -2.40. The van der Waals surface area contributed by atoms with Gasteiger partial charge in [0.05, 0.1) is 16.8 Å². The Balaban J connectivity index is 1.57. The maximum absolute atomic E-state index is 13.5. The molecular formula is C29H29FN4O3S. The summed E-state index contributed by atoms with van der Waals surface area (Å²) in [7, 11) is -4.02. The molecule has 9 heteroatoms. The van der Waals surface area contributed by atoms with Crippen molar-refractivity contribution in [3.05, 3.63) is 113 Å². The monoisotopic (exact) mass is 532 g/mol. The number of sulfonamides is 1. The minimum Gasteiger partial charge on any atom is -0.318 e. The Morgan fingerprint density at radius 1 is 0.974 bits per heavy atom. The van der Waals surface area contributed by atoms with Gasteiger partial charge in [-0.2, -0.15) is 5.10 Å². The van der Waals surface area contributed by atoms with E-state index in [4.69, 9.17) is 0 Å². The standard InChI is InChI=1S/C29H29FN4O3S/c1-20-10-11-21(2)28(16-20)33(38(36,37)27-8-6-5-7-9-27)19-29(35)32-31-18-24-17-22(3)34(23(24)4)26-14-12-25(30)13-15-26/h5-18H,19H2,1-4H3,(H,32,35)/b31-18+. The molecule has 1 N–H and O–H groups in total. The van der Waals surface area contributed by atoms with Crippen molar-refractivity contribution in [3.63, 3.8) is 0 Å². The van der Waals surface area contributed by atoms with Crippen molar-refractivity contribution in [1.29, 1.82) is 0 Å². The molecule has 0 bridgehead atoms. The van der Waals surface area contributed by atoms with Crippen LogP contribution in [0.25, 0.3) is 5.69 Å². The summed E-state index contributed by atoms with van der Waals surface area (Å²) in [6.07, 6.45) is 1.51. The molecule has 0 aliphatic heterocycles. The highest BCUT2D eigenvalue weighted by atomic mass is 32.2. The first kappa shape index (κ1) is 26.8. The molecule has 196 valence electrons. The fraction of sp³-hybridized carbons (Fsp3) is 0.172. The van der Waals surface area contributed by atoms with E-state index in [-0.39, 0.29) is 10.7 Å². The molecular weight excluding hydrogens is 503 g/mol. The number of amides is 1. The number of halogens is 1. The van der Waals surface area contributed by atoms with E-state index in [0.29, 0.717) is 5.69 Å². The summed E-state index contributed by atoms with van der Waals surface area (Å²) < 4.78 is 43.5. The summed E-state index contributed by atoms with van der Waals surface area (Å²) in [4.78, 5) is 13.0. The van der Waals surface area contributed by atoms with Crippen LogP contribution in [0.2, 0.25) is 0 Å². The minimum absolute atomic E-state index is 0.0884. The maximum atomic E-state index is 13.5. The first-order chi connectivity index (χ1) is 18.1. The normalized spacial score (nSPS) is 11.6. The zero-order valence-corrected chi connectivity index (χ0v) is 22.5. The number of benzene rings is 3. The van der Waals surface area contributed by atoms with Gasteiger partial charge in [-0.15, -0.1) is 0 Å². The van der Waals surface area contributed by atoms with Crippen LogP contribution in [0.4, 0.5) is 10.1 Å². The third-order valence-corrected chi connectivity index (χ3v) is 7.97. The molecule has 1 aromatic heterocycles. The van der Waals surface area contributed by atoms with Crippen LogP contribution in [-0.4, -0.2) is 31.7 Å². The number of anilines is 1. The van der Waals surface area contributed by atoms with Crippen molar-refractivity contribution in [2.75, 3.05) is 10.8 Å². The Labute approximate surface area is 222 Å². The number of carbonyl (C=O) groups is 1. The first-order valence-corrected chi connectivity index (χ1v) is 13.4. The van der Waals surface area contributed by atoms with E-state index < -0.39 is 22.5 Å². The summed E-state index contributed by atoms with van der Waals surface area (Å²) in [5.41, 5.74) is 7.81. The lowest BCUT2D eigenvalue weighted by Gasteiger charge is -2.25. The van der Waals surface area contributed by atoms with E-state index in [1.165, 1.54) is 30.5 Å². The molecule has 0 saturated heterocycles. The number of hydrogen-bond donors (Lipinski definition) is 1. The molecule has 0 fully saturated rings. The Morgan fingerprint density at radius 2 is 1.66 bits per heavy atom. The number of nitrogens with one attached hydrogen (secondary N) is 1. The average Bonchev–Trinajstić information content (AvgIpc) is 3.17. The molecule has 0 radical (unpaired) electrons. The van der Waals surface area contributed by atoms with Crippen LogP contribution in [0.15, 0.2) is 88.9 Å². The topological polar surface area (TPSA) is 83.8 Å². The van der Waals surface area contributed by atoms with Crippen molar-refractivity contribution in [2.45, 2.75) is 32.6 Å². The number of rotatable bonds is 8. The van der Waals surface area contributed by atoms with Gasteiger partial charge < -0.3 is 4.57 Å². The van der Waals surface area contributed by atoms with E-state index in [1.807, 2.05) is 43.5 Å². The van der Waals surface area contributed by atoms with Crippen molar-refractivity contribution < 1.29 is 17.6 Å². The van der Waals surface area contributed by atoms with Gasteiger partial charge in [0.1, 0.15) is 12.4 Å². The third kappa shape index (κ3) is 5.68. The van der Waals surface area contributed by atoms with E-state index in [1.54, 1.807) is 43.3 Å². The average molecular weight is 533 g/mol. The highest BCUT2D eigenvalue weighted by Gasteiger charge is 2.28. The fourth-order valence-electron chi connectivity index (χ4n) is 4.25. The predicted octanol–water partition coefficient (Wildman–Crippen LogP) is 5.20. The maximum Gasteiger partial charge on any atom is 0.264 e. The molecule has 4 rings (SSSR count). The van der Waals surface area contributed by atoms with Gasteiger partial charge >= 0.3 is 0 Å². The quantitative estimate of drug-likeness (QED) is 0.250. The van der Waals surface area contributed by atoms with Crippen molar-refractivity contribution in [1.82, 2.24) is 9.99 Å². The van der Waals surface area contributed by atoms with Gasteiger partial charge in [-0.05, 0) is 87.4 Å². The predicted molar refractivity (Wildman–Crippen MR) is 148 cm³/mol. The van der Waals surface area contributed by atoms with Crippen molar-refractivity contribution in [2.24, 2.45) is 5.10 Å². The number of carbonyl (C=O) groups excluding carboxylic acids is 1. The van der Waals surface area contributed by atoms with Crippen LogP contribution in [0.5, 0.6) is 0 Å². The summed E-state index contributed by atoms with van der Waals surface area (Å²) in [5, 5.41) is 4.09. The van der Waals surface area contributed by atoms with Crippen LogP contribution in [0, 0.1) is 33.5 Å². The number of aryl methyl sites for hydroxylation is 3. The molecule has 0 saturated carbocycles. The number of nitrogens with zero attached hydrogens (tertiary/aromatic N) is 3. The van der Waals surface area contributed by atoms with E-state index >= 15 is 0 Å². The van der Waals surface area contributed by atoms with Gasteiger partial charge in [0.2, 0.25) is 0 Å². The Bertz CT molecular complexity index is 1600. The molecule has 0 aliphatic carbocycles. The molecule has 1 amide bonds. The molecule has 0 atom stereocenters. The van der Waals surface area contributed by atoms with Crippen LogP contribution < -0.4 is 9.73 Å². The van der Waals surface area contributed by atoms with Gasteiger partial charge in [-0.3, -0.25) is 9.10 Å². The smallest absolute Gasteiger partial charge is 0.264 e. The van der Waals surface area contributed by atoms with Gasteiger partial charge in [0.15, 0.2) is 0 Å². The van der Waals surface area contributed by atoms with E-state index in [9.17, 15) is 17.6 Å². The van der Waals surface area contributed by atoms with Crippen LogP contribution >= 0.6 is 0 Å². The molecule has 0 unspecified atom stereocenters. The molecule has 38 heavy (non-hydrogen) atoms. The van der Waals surface area contributed by atoms with Crippen LogP contribution in [0.3, 0.4) is 0 Å². The van der Waals surface area contributed by atoms with Crippen LogP contribution in [0.1, 0.15) is 28.1 Å². The summed E-state index contributed by atoms with van der Waals surface area (Å²) in [5.74, 6) is -0.904. The summed E-state index contributed by atoms with van der Waals surface area (Å²) in [6.45, 7) is 7.03. The van der Waals surface area contributed by atoms with Gasteiger partial charge in [0.25, 0.3) is 15.9 Å². The second-order valence-corrected chi connectivity index (χ2v) is 10.9. The molecule has 4 aromatic rings. The zero-order valence-electron chi connectivity index (χ0n) is 21.6. The lowest BCUT2D eigenvalue weighted by atomic mass is 10.1. The number of hydrogen-bond acceptors (Lipinski definition) is 4. The molecule has 0 aliphatic rings. The first-order valence-electron chi connectivity index (χ1n) is 12.0. The van der Waals surface area contributed by atoms with E-state index in [0.717, 1.165) is 38.1 Å². The molecule has 3 aromatic carbocycles. The summed E-state index contributed by atoms with van der Waals surface area (Å²) in [6, 6.07) is 21.5. The number of aromatic nitrogens is 1. The molecule has 0 spiro atoms. The number of hydrazone groups is 1. The van der Waals surface area contributed by atoms with Gasteiger partial charge in [0, 0.05) is 22.6 Å². The van der Waals surface area contributed by atoms with Crippen molar-refractivity contribution in [3.8, 4) is 5.69 Å². The molecule has 1 heterocycles. The highest BCUT2D eigenvalue weighted by molar-refractivity contribution is 7.92. The second kappa shape index (κ2) is 11.0. The third-order valence-electron chi connectivity index (χ3n) is 6.20. The van der Waals surface area contributed by atoms with Crippen molar-refractivity contribution >= 4 is 27.8 Å². The summed E-state index contributed by atoms with van der Waals surface area (Å²) >= 11 is 0. The Morgan fingerprint density at radius 3 is 2.34 bits per heavy atom. The largest absolute Gasteiger partial charge is 0.318 e.